The van der Waals surface area contributed by atoms with Crippen molar-refractivity contribution in [3.63, 3.8) is 0 Å². The number of halogens is 3. The van der Waals surface area contributed by atoms with Crippen LogP contribution < -0.4 is 0 Å². The van der Waals surface area contributed by atoms with Crippen molar-refractivity contribution < 1.29 is 32.6 Å². The lowest BCUT2D eigenvalue weighted by atomic mass is 9.96. The summed E-state index contributed by atoms with van der Waals surface area (Å²) in [4.78, 5) is 24.9. The number of alkyl halides is 3. The molecule has 1 heterocycles. The van der Waals surface area contributed by atoms with E-state index in [9.17, 15) is 27.9 Å². The van der Waals surface area contributed by atoms with Crippen LogP contribution in [0.3, 0.4) is 0 Å². The number of aliphatic carboxylic acids is 1. The Bertz CT molecular complexity index is 664. The molecule has 1 saturated heterocycles. The molecule has 0 unspecified atom stereocenters. The van der Waals surface area contributed by atoms with Gasteiger partial charge in [0.15, 0.2) is 0 Å². The molecule has 144 valence electrons. The van der Waals surface area contributed by atoms with Crippen LogP contribution in [0.15, 0.2) is 24.3 Å². The predicted octanol–water partition coefficient (Wildman–Crippen LogP) is 3.96. The van der Waals surface area contributed by atoms with Crippen molar-refractivity contribution in [3.05, 3.63) is 35.4 Å². The predicted molar refractivity (Wildman–Crippen MR) is 87.6 cm³/mol. The van der Waals surface area contributed by atoms with Crippen molar-refractivity contribution >= 4 is 12.1 Å². The van der Waals surface area contributed by atoms with Crippen molar-refractivity contribution in [2.45, 2.75) is 51.4 Å². The second-order valence-corrected chi connectivity index (χ2v) is 7.49. The minimum Gasteiger partial charge on any atom is -0.480 e. The summed E-state index contributed by atoms with van der Waals surface area (Å²) in [5.41, 5.74) is -0.810. The largest absolute Gasteiger partial charge is 0.480 e. The number of amides is 1. The van der Waals surface area contributed by atoms with Crippen LogP contribution in [0.2, 0.25) is 0 Å². The van der Waals surface area contributed by atoms with Gasteiger partial charge in [0.05, 0.1) is 5.56 Å². The van der Waals surface area contributed by atoms with Gasteiger partial charge in [0.25, 0.3) is 0 Å². The molecule has 0 bridgehead atoms. The molecule has 1 aromatic rings. The molecule has 0 aliphatic carbocycles. The highest BCUT2D eigenvalue weighted by Gasteiger charge is 2.41. The third kappa shape index (κ3) is 5.12. The molecule has 0 saturated carbocycles. The maximum Gasteiger partial charge on any atom is 0.416 e. The third-order valence-electron chi connectivity index (χ3n) is 4.11. The Morgan fingerprint density at radius 3 is 2.23 bits per heavy atom. The van der Waals surface area contributed by atoms with E-state index < -0.39 is 35.4 Å². The summed E-state index contributed by atoms with van der Waals surface area (Å²) in [6, 6.07) is 3.78. The van der Waals surface area contributed by atoms with E-state index in [0.29, 0.717) is 12.0 Å². The summed E-state index contributed by atoms with van der Waals surface area (Å²) in [7, 11) is 0. The smallest absolute Gasteiger partial charge is 0.416 e. The average Bonchev–Trinajstić information content (AvgIpc) is 2.89. The Hall–Kier alpha value is -2.25. The molecule has 8 heteroatoms. The first-order valence-corrected chi connectivity index (χ1v) is 8.25. The highest BCUT2D eigenvalue weighted by atomic mass is 19.4. The summed E-state index contributed by atoms with van der Waals surface area (Å²) in [5, 5.41) is 9.37. The molecule has 1 aliphatic heterocycles. The highest BCUT2D eigenvalue weighted by Crippen LogP contribution is 2.31. The highest BCUT2D eigenvalue weighted by molar-refractivity contribution is 5.81. The second-order valence-electron chi connectivity index (χ2n) is 7.49. The van der Waals surface area contributed by atoms with Gasteiger partial charge >= 0.3 is 18.2 Å². The Kier molecular flexibility index (Phi) is 5.53. The van der Waals surface area contributed by atoms with Gasteiger partial charge in [0.1, 0.15) is 11.6 Å². The van der Waals surface area contributed by atoms with Crippen molar-refractivity contribution in [3.8, 4) is 0 Å². The van der Waals surface area contributed by atoms with Crippen molar-refractivity contribution in [2.24, 2.45) is 5.92 Å². The zero-order valence-electron chi connectivity index (χ0n) is 14.8. The molecule has 1 fully saturated rings. The van der Waals surface area contributed by atoms with Gasteiger partial charge in [0.2, 0.25) is 0 Å². The normalized spacial score (nSPS) is 20.9. The van der Waals surface area contributed by atoms with Crippen molar-refractivity contribution in [2.75, 3.05) is 6.54 Å². The van der Waals surface area contributed by atoms with E-state index in [-0.39, 0.29) is 18.9 Å². The molecule has 5 nitrogen and oxygen atoms in total. The molecular formula is C18H22F3NO4. The molecule has 0 aromatic heterocycles. The standard InChI is InChI=1S/C18H22F3NO4/c1-17(2,3)26-16(25)22-10-12(9-14(22)15(23)24)8-11-4-6-13(7-5-11)18(19,20)21/h4-7,12,14H,8-10H2,1-3H3,(H,23,24)/t12-,14+/m1/s1. The Morgan fingerprint density at radius 2 is 1.77 bits per heavy atom. The Balaban J connectivity index is 2.07. The van der Waals surface area contributed by atoms with Gasteiger partial charge in [-0.25, -0.2) is 9.59 Å². The molecular weight excluding hydrogens is 351 g/mol. The summed E-state index contributed by atoms with van der Waals surface area (Å²) in [6.45, 7) is 5.26. The van der Waals surface area contributed by atoms with E-state index in [0.717, 1.165) is 12.1 Å². The average molecular weight is 373 g/mol. The van der Waals surface area contributed by atoms with Crippen molar-refractivity contribution in [1.82, 2.24) is 4.90 Å². The second kappa shape index (κ2) is 7.17. The molecule has 2 atom stereocenters. The number of ether oxygens (including phenoxy) is 1. The maximum absolute atomic E-state index is 12.6. The zero-order valence-corrected chi connectivity index (χ0v) is 14.8. The van der Waals surface area contributed by atoms with E-state index in [1.165, 1.54) is 17.0 Å². The lowest BCUT2D eigenvalue weighted by Gasteiger charge is -2.26. The molecule has 1 aromatic carbocycles. The number of likely N-dealkylation sites (tertiary alicyclic amines) is 1. The number of rotatable bonds is 3. The topological polar surface area (TPSA) is 66.8 Å². The minimum absolute atomic E-state index is 0.166. The number of carboxylic acids is 1. The van der Waals surface area contributed by atoms with Gasteiger partial charge in [-0.2, -0.15) is 13.2 Å². The number of hydrogen-bond acceptors (Lipinski definition) is 3. The van der Waals surface area contributed by atoms with Gasteiger partial charge in [0, 0.05) is 6.54 Å². The summed E-state index contributed by atoms with van der Waals surface area (Å²) in [5.74, 6) is -1.29. The quantitative estimate of drug-likeness (QED) is 0.871. The summed E-state index contributed by atoms with van der Waals surface area (Å²) in [6.07, 6.45) is -4.47. The third-order valence-corrected chi connectivity index (χ3v) is 4.11. The van der Waals surface area contributed by atoms with E-state index in [1.807, 2.05) is 0 Å². The Morgan fingerprint density at radius 1 is 1.19 bits per heavy atom. The summed E-state index contributed by atoms with van der Waals surface area (Å²) < 4.78 is 43.1. The lowest BCUT2D eigenvalue weighted by molar-refractivity contribution is -0.142. The van der Waals surface area contributed by atoms with E-state index in [1.54, 1.807) is 20.8 Å². The molecule has 0 spiro atoms. The Labute approximate surface area is 149 Å². The lowest BCUT2D eigenvalue weighted by Crippen LogP contribution is -2.43. The maximum atomic E-state index is 12.6. The number of carbonyl (C=O) groups is 2. The van der Waals surface area contributed by atoms with Gasteiger partial charge in [-0.1, -0.05) is 12.1 Å². The van der Waals surface area contributed by atoms with Crippen LogP contribution in [0.4, 0.5) is 18.0 Å². The van der Waals surface area contributed by atoms with Crippen LogP contribution in [-0.2, 0) is 22.1 Å². The number of carbonyl (C=O) groups excluding carboxylic acids is 1. The fourth-order valence-corrected chi connectivity index (χ4v) is 2.99. The van der Waals surface area contributed by atoms with Crippen LogP contribution in [0.1, 0.15) is 38.3 Å². The first-order valence-electron chi connectivity index (χ1n) is 8.25. The van der Waals surface area contributed by atoms with Crippen LogP contribution in [0.5, 0.6) is 0 Å². The van der Waals surface area contributed by atoms with E-state index >= 15 is 0 Å². The van der Waals surface area contributed by atoms with Crippen LogP contribution in [-0.4, -0.2) is 40.3 Å². The van der Waals surface area contributed by atoms with Crippen LogP contribution >= 0.6 is 0 Å². The van der Waals surface area contributed by atoms with Gasteiger partial charge in [-0.3, -0.25) is 4.90 Å². The number of nitrogens with zero attached hydrogens (tertiary/aromatic N) is 1. The molecule has 1 amide bonds. The monoisotopic (exact) mass is 373 g/mol. The summed E-state index contributed by atoms with van der Waals surface area (Å²) >= 11 is 0. The fourth-order valence-electron chi connectivity index (χ4n) is 2.99. The molecule has 0 radical (unpaired) electrons. The number of carboxylic acid groups (broad SMARTS) is 1. The van der Waals surface area contributed by atoms with Crippen molar-refractivity contribution in [1.29, 1.82) is 0 Å². The van der Waals surface area contributed by atoms with Gasteiger partial charge in [-0.15, -0.1) is 0 Å². The van der Waals surface area contributed by atoms with Crippen LogP contribution in [0.25, 0.3) is 0 Å². The number of hydrogen-bond donors (Lipinski definition) is 1. The molecule has 1 aliphatic rings. The first kappa shape index (κ1) is 20.1. The molecule has 2 rings (SSSR count). The fraction of sp³-hybridized carbons (Fsp3) is 0.556. The zero-order chi connectivity index (χ0) is 19.7. The van der Waals surface area contributed by atoms with Gasteiger partial charge < -0.3 is 9.84 Å². The SMILES string of the molecule is CC(C)(C)OC(=O)N1C[C@H](Cc2ccc(C(F)(F)F)cc2)C[C@H]1C(=O)O. The number of benzene rings is 1. The van der Waals surface area contributed by atoms with Crippen LogP contribution in [0, 0.1) is 5.92 Å². The molecule has 1 N–H and O–H groups in total. The first-order chi connectivity index (χ1) is 11.9. The van der Waals surface area contributed by atoms with Gasteiger partial charge in [-0.05, 0) is 57.2 Å². The van der Waals surface area contributed by atoms with E-state index in [4.69, 9.17) is 4.74 Å². The molecule has 26 heavy (non-hydrogen) atoms. The van der Waals surface area contributed by atoms with E-state index in [2.05, 4.69) is 0 Å². The minimum atomic E-state index is -4.40.